The van der Waals surface area contributed by atoms with E-state index in [0.29, 0.717) is 0 Å². The van der Waals surface area contributed by atoms with Crippen LogP contribution < -0.4 is 10.1 Å². The topological polar surface area (TPSA) is 21.3 Å². The highest BCUT2D eigenvalue weighted by atomic mass is 16.5. The lowest BCUT2D eigenvalue weighted by molar-refractivity contribution is 0.357. The fourth-order valence-electron chi connectivity index (χ4n) is 3.33. The number of rotatable bonds is 6. The zero-order valence-electron chi connectivity index (χ0n) is 12.5. The van der Waals surface area contributed by atoms with Crippen LogP contribution in [0.1, 0.15) is 37.3 Å². The highest BCUT2D eigenvalue weighted by Gasteiger charge is 2.27. The van der Waals surface area contributed by atoms with E-state index in [1.54, 1.807) is 7.11 Å². The van der Waals surface area contributed by atoms with Crippen molar-refractivity contribution in [3.05, 3.63) is 29.3 Å². The third-order valence-corrected chi connectivity index (χ3v) is 4.39. The molecule has 19 heavy (non-hydrogen) atoms. The second-order valence-electron chi connectivity index (χ2n) is 5.78. The highest BCUT2D eigenvalue weighted by molar-refractivity contribution is 5.37. The van der Waals surface area contributed by atoms with Gasteiger partial charge in [0, 0.05) is 0 Å². The van der Waals surface area contributed by atoms with Crippen LogP contribution in [-0.4, -0.2) is 20.2 Å². The van der Waals surface area contributed by atoms with Crippen LogP contribution in [0.15, 0.2) is 18.2 Å². The molecule has 1 saturated carbocycles. The maximum absolute atomic E-state index is 5.51. The van der Waals surface area contributed by atoms with Crippen LogP contribution in [0.5, 0.6) is 5.75 Å². The Bertz CT molecular complexity index is 402. The first kappa shape index (κ1) is 14.4. The third kappa shape index (κ3) is 3.73. The molecular formula is C17H27NO. The van der Waals surface area contributed by atoms with Crippen LogP contribution in [0, 0.1) is 18.8 Å². The summed E-state index contributed by atoms with van der Waals surface area (Å²) in [6.07, 6.45) is 5.30. The largest absolute Gasteiger partial charge is 0.496 e. The number of hydrogen-bond donors (Lipinski definition) is 1. The molecule has 1 fully saturated rings. The molecule has 2 heteroatoms. The van der Waals surface area contributed by atoms with Crippen molar-refractivity contribution in [3.8, 4) is 5.75 Å². The second-order valence-corrected chi connectivity index (χ2v) is 5.78. The average molecular weight is 261 g/mol. The molecule has 0 saturated heterocycles. The number of benzene rings is 1. The smallest absolute Gasteiger partial charge is 0.122 e. The summed E-state index contributed by atoms with van der Waals surface area (Å²) in [5, 5.41) is 3.51. The number of hydrogen-bond acceptors (Lipinski definition) is 2. The number of aryl methyl sites for hydroxylation is 1. The highest BCUT2D eigenvalue weighted by Crippen LogP contribution is 2.35. The molecule has 0 amide bonds. The summed E-state index contributed by atoms with van der Waals surface area (Å²) in [6, 6.07) is 6.54. The van der Waals surface area contributed by atoms with Gasteiger partial charge in [0.2, 0.25) is 0 Å². The maximum Gasteiger partial charge on any atom is 0.122 e. The standard InChI is InChI=1S/C17H27NO/c1-4-18-12-15-7-5-6-14(15)11-16-10-13(2)8-9-17(16)19-3/h8-10,14-15,18H,4-7,11-12H2,1-3H3. The van der Waals surface area contributed by atoms with Crippen molar-refractivity contribution < 1.29 is 4.74 Å². The Morgan fingerprint density at radius 3 is 2.79 bits per heavy atom. The Morgan fingerprint density at radius 2 is 2.05 bits per heavy atom. The summed E-state index contributed by atoms with van der Waals surface area (Å²) in [5.41, 5.74) is 2.72. The Labute approximate surface area is 117 Å². The van der Waals surface area contributed by atoms with Crippen molar-refractivity contribution in [3.63, 3.8) is 0 Å². The van der Waals surface area contributed by atoms with Gasteiger partial charge in [-0.25, -0.2) is 0 Å². The fourth-order valence-corrected chi connectivity index (χ4v) is 3.33. The molecule has 0 spiro atoms. The predicted molar refractivity (Wildman–Crippen MR) is 80.8 cm³/mol. The molecule has 2 nitrogen and oxygen atoms in total. The second kappa shape index (κ2) is 6.95. The molecule has 0 bridgehead atoms. The van der Waals surface area contributed by atoms with Crippen molar-refractivity contribution in [1.29, 1.82) is 0 Å². The quantitative estimate of drug-likeness (QED) is 0.845. The normalized spacial score (nSPS) is 22.7. The van der Waals surface area contributed by atoms with Crippen LogP contribution in [0.4, 0.5) is 0 Å². The van der Waals surface area contributed by atoms with Gasteiger partial charge in [-0.1, -0.05) is 31.0 Å². The molecule has 1 aliphatic carbocycles. The molecule has 0 radical (unpaired) electrons. The molecule has 0 aromatic heterocycles. The van der Waals surface area contributed by atoms with E-state index >= 15 is 0 Å². The molecule has 1 aromatic carbocycles. The molecule has 2 unspecified atom stereocenters. The third-order valence-electron chi connectivity index (χ3n) is 4.39. The van der Waals surface area contributed by atoms with Gasteiger partial charge < -0.3 is 10.1 Å². The SMILES string of the molecule is CCNCC1CCCC1Cc1cc(C)ccc1OC. The van der Waals surface area contributed by atoms with Gasteiger partial charge in [-0.05, 0) is 62.7 Å². The summed E-state index contributed by atoms with van der Waals surface area (Å²) in [7, 11) is 1.78. The van der Waals surface area contributed by atoms with Crippen LogP contribution >= 0.6 is 0 Å². The molecule has 2 rings (SSSR count). The first-order valence-corrected chi connectivity index (χ1v) is 7.58. The molecule has 1 N–H and O–H groups in total. The van der Waals surface area contributed by atoms with Crippen LogP contribution in [-0.2, 0) is 6.42 Å². The first-order chi connectivity index (χ1) is 9.24. The zero-order valence-corrected chi connectivity index (χ0v) is 12.5. The predicted octanol–water partition coefficient (Wildman–Crippen LogP) is 3.57. The lowest BCUT2D eigenvalue weighted by atomic mass is 9.88. The molecule has 2 atom stereocenters. The van der Waals surface area contributed by atoms with E-state index in [1.807, 2.05) is 0 Å². The molecule has 106 valence electrons. The van der Waals surface area contributed by atoms with Crippen LogP contribution in [0.25, 0.3) is 0 Å². The summed E-state index contributed by atoms with van der Waals surface area (Å²) < 4.78 is 5.51. The summed E-state index contributed by atoms with van der Waals surface area (Å²) in [5.74, 6) is 2.71. The molecule has 0 aliphatic heterocycles. The summed E-state index contributed by atoms with van der Waals surface area (Å²) in [4.78, 5) is 0. The molecule has 0 heterocycles. The minimum Gasteiger partial charge on any atom is -0.496 e. The van der Waals surface area contributed by atoms with E-state index in [9.17, 15) is 0 Å². The number of ether oxygens (including phenoxy) is 1. The Kier molecular flexibility index (Phi) is 5.26. The van der Waals surface area contributed by atoms with Gasteiger partial charge in [0.05, 0.1) is 7.11 Å². The van der Waals surface area contributed by atoms with E-state index in [4.69, 9.17) is 4.74 Å². The number of methoxy groups -OCH3 is 1. The van der Waals surface area contributed by atoms with Gasteiger partial charge in [-0.15, -0.1) is 0 Å². The monoisotopic (exact) mass is 261 g/mol. The first-order valence-electron chi connectivity index (χ1n) is 7.58. The number of nitrogens with one attached hydrogen (secondary N) is 1. The molecule has 1 aromatic rings. The van der Waals surface area contributed by atoms with E-state index in [1.165, 1.54) is 43.4 Å². The molecular weight excluding hydrogens is 234 g/mol. The van der Waals surface area contributed by atoms with Gasteiger partial charge in [0.15, 0.2) is 0 Å². The molecule has 1 aliphatic rings. The van der Waals surface area contributed by atoms with Crippen LogP contribution in [0.2, 0.25) is 0 Å². The van der Waals surface area contributed by atoms with E-state index in [-0.39, 0.29) is 0 Å². The Morgan fingerprint density at radius 1 is 1.26 bits per heavy atom. The lowest BCUT2D eigenvalue weighted by Crippen LogP contribution is -2.26. The van der Waals surface area contributed by atoms with Crippen molar-refractivity contribution in [2.24, 2.45) is 11.8 Å². The van der Waals surface area contributed by atoms with Crippen molar-refractivity contribution in [2.75, 3.05) is 20.2 Å². The minimum absolute atomic E-state index is 0.815. The lowest BCUT2D eigenvalue weighted by Gasteiger charge is -2.21. The van der Waals surface area contributed by atoms with Gasteiger partial charge in [0.1, 0.15) is 5.75 Å². The van der Waals surface area contributed by atoms with Crippen molar-refractivity contribution in [1.82, 2.24) is 5.32 Å². The fraction of sp³-hybridized carbons (Fsp3) is 0.647. The van der Waals surface area contributed by atoms with Gasteiger partial charge in [-0.3, -0.25) is 0 Å². The Hall–Kier alpha value is -1.02. The minimum atomic E-state index is 0.815. The van der Waals surface area contributed by atoms with Crippen LogP contribution in [0.3, 0.4) is 0 Å². The van der Waals surface area contributed by atoms with E-state index in [2.05, 4.69) is 37.4 Å². The zero-order chi connectivity index (χ0) is 13.7. The van der Waals surface area contributed by atoms with Crippen molar-refractivity contribution in [2.45, 2.75) is 39.5 Å². The summed E-state index contributed by atoms with van der Waals surface area (Å²) in [6.45, 7) is 6.60. The van der Waals surface area contributed by atoms with E-state index in [0.717, 1.165) is 24.1 Å². The Balaban J connectivity index is 2.05. The average Bonchev–Trinajstić information content (AvgIpc) is 2.84. The van der Waals surface area contributed by atoms with Gasteiger partial charge >= 0.3 is 0 Å². The van der Waals surface area contributed by atoms with Gasteiger partial charge in [-0.2, -0.15) is 0 Å². The summed E-state index contributed by atoms with van der Waals surface area (Å²) >= 11 is 0. The van der Waals surface area contributed by atoms with Crippen molar-refractivity contribution >= 4 is 0 Å². The van der Waals surface area contributed by atoms with E-state index < -0.39 is 0 Å². The maximum atomic E-state index is 5.51. The van der Waals surface area contributed by atoms with Gasteiger partial charge in [0.25, 0.3) is 0 Å².